The summed E-state index contributed by atoms with van der Waals surface area (Å²) in [4.78, 5) is 27.1. The number of rotatable bonds is 6. The van der Waals surface area contributed by atoms with Gasteiger partial charge in [-0.15, -0.1) is 0 Å². The maximum absolute atomic E-state index is 13.0. The van der Waals surface area contributed by atoms with Gasteiger partial charge >= 0.3 is 12.2 Å². The van der Waals surface area contributed by atoms with Gasteiger partial charge in [-0.05, 0) is 56.3 Å². The van der Waals surface area contributed by atoms with Gasteiger partial charge in [-0.1, -0.05) is 38.4 Å². The Balaban J connectivity index is 1.80. The van der Waals surface area contributed by atoms with E-state index >= 15 is 0 Å². The lowest BCUT2D eigenvalue weighted by Crippen LogP contribution is -2.44. The van der Waals surface area contributed by atoms with E-state index in [1.807, 2.05) is 20.8 Å². The zero-order valence-electron chi connectivity index (χ0n) is 21.2. The van der Waals surface area contributed by atoms with Crippen molar-refractivity contribution >= 4 is 35.0 Å². The molecule has 7 nitrogen and oxygen atoms in total. The highest BCUT2D eigenvalue weighted by molar-refractivity contribution is 6.30. The Morgan fingerprint density at radius 2 is 1.68 bits per heavy atom. The Morgan fingerprint density at radius 3 is 2.24 bits per heavy atom. The van der Waals surface area contributed by atoms with Gasteiger partial charge in [0.15, 0.2) is 0 Å². The van der Waals surface area contributed by atoms with Crippen LogP contribution in [0.2, 0.25) is 5.02 Å². The molecule has 0 aliphatic heterocycles. The molecule has 198 valence electrons. The molecule has 0 spiro atoms. The summed E-state index contributed by atoms with van der Waals surface area (Å²) in [5.41, 5.74) is 0.205. The van der Waals surface area contributed by atoms with Gasteiger partial charge in [0.05, 0.1) is 16.9 Å². The highest BCUT2D eigenvalue weighted by Gasteiger charge is 2.31. The van der Waals surface area contributed by atoms with E-state index in [2.05, 4.69) is 15.7 Å². The van der Waals surface area contributed by atoms with E-state index in [0.717, 1.165) is 17.8 Å². The number of hydrogen-bond acceptors (Lipinski definition) is 3. The van der Waals surface area contributed by atoms with Crippen LogP contribution in [0.4, 0.5) is 29.5 Å². The SMILES string of the molecule is CC(C)N(CC(=O)Nc1cc(C(C)(C)C)nn1-c1ccc(Cl)cc1)C(=O)Nc1cccc(C(F)(F)F)c1. The fourth-order valence-electron chi connectivity index (χ4n) is 3.41. The molecule has 0 atom stereocenters. The zero-order chi connectivity index (χ0) is 27.5. The van der Waals surface area contributed by atoms with Crippen molar-refractivity contribution in [2.24, 2.45) is 0 Å². The van der Waals surface area contributed by atoms with Crippen LogP contribution in [0.15, 0.2) is 54.6 Å². The highest BCUT2D eigenvalue weighted by Crippen LogP contribution is 2.31. The first kappa shape index (κ1) is 28.0. The van der Waals surface area contributed by atoms with Crippen LogP contribution >= 0.6 is 11.6 Å². The van der Waals surface area contributed by atoms with Gasteiger partial charge in [0.1, 0.15) is 12.4 Å². The number of nitrogens with one attached hydrogen (secondary N) is 2. The zero-order valence-corrected chi connectivity index (χ0v) is 21.9. The molecule has 11 heteroatoms. The van der Waals surface area contributed by atoms with Gasteiger partial charge in [0.2, 0.25) is 5.91 Å². The number of anilines is 2. The van der Waals surface area contributed by atoms with E-state index in [-0.39, 0.29) is 17.6 Å². The van der Waals surface area contributed by atoms with Crippen LogP contribution in [0.5, 0.6) is 0 Å². The molecule has 3 aromatic rings. The summed E-state index contributed by atoms with van der Waals surface area (Å²) < 4.78 is 40.7. The van der Waals surface area contributed by atoms with E-state index in [9.17, 15) is 22.8 Å². The van der Waals surface area contributed by atoms with E-state index in [1.165, 1.54) is 17.0 Å². The number of amides is 3. The number of halogens is 4. The van der Waals surface area contributed by atoms with Crippen molar-refractivity contribution in [3.8, 4) is 5.69 Å². The van der Waals surface area contributed by atoms with Crippen LogP contribution in [0.1, 0.15) is 45.9 Å². The van der Waals surface area contributed by atoms with Gasteiger partial charge in [-0.3, -0.25) is 4.79 Å². The predicted octanol–water partition coefficient (Wildman–Crippen LogP) is 6.72. The highest BCUT2D eigenvalue weighted by atomic mass is 35.5. The van der Waals surface area contributed by atoms with Crippen LogP contribution in [-0.2, 0) is 16.4 Å². The second-order valence-electron chi connectivity index (χ2n) is 9.83. The van der Waals surface area contributed by atoms with Crippen LogP contribution < -0.4 is 10.6 Å². The second-order valence-corrected chi connectivity index (χ2v) is 10.3. The quantitative estimate of drug-likeness (QED) is 0.367. The second kappa shape index (κ2) is 10.8. The molecule has 0 unspecified atom stereocenters. The van der Waals surface area contributed by atoms with E-state index in [4.69, 9.17) is 11.6 Å². The molecule has 0 radical (unpaired) electrons. The minimum absolute atomic E-state index is 0.0264. The fourth-order valence-corrected chi connectivity index (χ4v) is 3.54. The number of hydrogen-bond donors (Lipinski definition) is 2. The van der Waals surface area contributed by atoms with Crippen molar-refractivity contribution in [1.29, 1.82) is 0 Å². The van der Waals surface area contributed by atoms with Crippen molar-refractivity contribution in [2.45, 2.75) is 52.3 Å². The molecular weight excluding hydrogens is 507 g/mol. The third kappa shape index (κ3) is 7.25. The normalized spacial score (nSPS) is 11.9. The molecule has 0 aliphatic rings. The van der Waals surface area contributed by atoms with Gasteiger partial charge in [-0.2, -0.15) is 18.3 Å². The summed E-state index contributed by atoms with van der Waals surface area (Å²) >= 11 is 6.01. The standard InChI is InChI=1S/C26H29ClF3N5O2/c1-16(2)34(24(37)31-19-8-6-7-17(13-19)26(28,29)30)15-23(36)32-22-14-21(25(3,4)5)33-35(22)20-11-9-18(27)10-12-20/h6-14,16H,15H2,1-5H3,(H,31,37)(H,32,36). The monoisotopic (exact) mass is 535 g/mol. The Labute approximate surface area is 218 Å². The average molecular weight is 536 g/mol. The molecule has 0 aliphatic carbocycles. The molecule has 2 N–H and O–H groups in total. The molecule has 0 saturated heterocycles. The third-order valence-electron chi connectivity index (χ3n) is 5.46. The minimum atomic E-state index is -4.54. The molecular formula is C26H29ClF3N5O2. The van der Waals surface area contributed by atoms with Crippen LogP contribution in [0, 0.1) is 0 Å². The summed E-state index contributed by atoms with van der Waals surface area (Å²) in [7, 11) is 0. The summed E-state index contributed by atoms with van der Waals surface area (Å²) in [6.45, 7) is 9.05. The van der Waals surface area contributed by atoms with Crippen molar-refractivity contribution < 1.29 is 22.8 Å². The number of benzene rings is 2. The minimum Gasteiger partial charge on any atom is -0.313 e. The Bertz CT molecular complexity index is 1260. The number of urea groups is 1. The van der Waals surface area contributed by atoms with Crippen molar-refractivity contribution in [1.82, 2.24) is 14.7 Å². The van der Waals surface area contributed by atoms with E-state index < -0.39 is 29.7 Å². The molecule has 3 amide bonds. The lowest BCUT2D eigenvalue weighted by Gasteiger charge is -2.26. The van der Waals surface area contributed by atoms with Crippen LogP contribution in [0.3, 0.4) is 0 Å². The van der Waals surface area contributed by atoms with Crippen molar-refractivity contribution in [3.05, 3.63) is 70.9 Å². The number of aromatic nitrogens is 2. The van der Waals surface area contributed by atoms with E-state index in [1.54, 1.807) is 48.9 Å². The Kier molecular flexibility index (Phi) is 8.22. The topological polar surface area (TPSA) is 79.3 Å². The van der Waals surface area contributed by atoms with Gasteiger partial charge in [-0.25, -0.2) is 9.48 Å². The number of nitrogens with zero attached hydrogens (tertiary/aromatic N) is 3. The first-order valence-corrected chi connectivity index (χ1v) is 11.9. The Hall–Kier alpha value is -3.53. The van der Waals surface area contributed by atoms with E-state index in [0.29, 0.717) is 16.5 Å². The van der Waals surface area contributed by atoms with Crippen LogP contribution in [-0.4, -0.2) is 39.2 Å². The average Bonchev–Trinajstić information content (AvgIpc) is 3.21. The molecule has 37 heavy (non-hydrogen) atoms. The molecule has 3 rings (SSSR count). The first-order chi connectivity index (χ1) is 17.1. The number of carbonyl (C=O) groups is 2. The van der Waals surface area contributed by atoms with Gasteiger partial charge < -0.3 is 15.5 Å². The van der Waals surface area contributed by atoms with Crippen LogP contribution in [0.25, 0.3) is 5.69 Å². The van der Waals surface area contributed by atoms with Crippen molar-refractivity contribution in [3.63, 3.8) is 0 Å². The smallest absolute Gasteiger partial charge is 0.313 e. The molecule has 1 heterocycles. The molecule has 0 saturated carbocycles. The first-order valence-electron chi connectivity index (χ1n) is 11.6. The summed E-state index contributed by atoms with van der Waals surface area (Å²) in [5.74, 6) is -0.0947. The van der Waals surface area contributed by atoms with Gasteiger partial charge in [0.25, 0.3) is 0 Å². The lowest BCUT2D eigenvalue weighted by molar-refractivity contribution is -0.137. The maximum Gasteiger partial charge on any atom is 0.416 e. The molecule has 1 aromatic heterocycles. The summed E-state index contributed by atoms with van der Waals surface area (Å²) in [6, 6.07) is 11.9. The molecule has 0 bridgehead atoms. The van der Waals surface area contributed by atoms with Crippen molar-refractivity contribution in [2.75, 3.05) is 17.2 Å². The number of carbonyl (C=O) groups excluding carboxylic acids is 2. The predicted molar refractivity (Wildman–Crippen MR) is 138 cm³/mol. The maximum atomic E-state index is 13.0. The molecule has 2 aromatic carbocycles. The number of alkyl halides is 3. The lowest BCUT2D eigenvalue weighted by atomic mass is 9.92. The largest absolute Gasteiger partial charge is 0.416 e. The van der Waals surface area contributed by atoms with Gasteiger partial charge in [0, 0.05) is 28.2 Å². The summed E-state index contributed by atoms with van der Waals surface area (Å²) in [5, 5.41) is 10.5. The molecule has 0 fully saturated rings. The Morgan fingerprint density at radius 1 is 1.03 bits per heavy atom. The summed E-state index contributed by atoms with van der Waals surface area (Å²) in [6.07, 6.45) is -4.54. The fraction of sp³-hybridized carbons (Fsp3) is 0.346. The third-order valence-corrected chi connectivity index (χ3v) is 5.71.